The van der Waals surface area contributed by atoms with Crippen LogP contribution in [0.2, 0.25) is 10.0 Å². The molecule has 1 fully saturated rings. The summed E-state index contributed by atoms with van der Waals surface area (Å²) in [6, 6.07) is 5.04. The number of nitrogens with one attached hydrogen (secondary N) is 1. The fourth-order valence-electron chi connectivity index (χ4n) is 2.87. The van der Waals surface area contributed by atoms with E-state index in [-0.39, 0.29) is 18.4 Å². The van der Waals surface area contributed by atoms with Crippen LogP contribution in [0.25, 0.3) is 0 Å². The minimum atomic E-state index is -0.885. The molecule has 0 aliphatic carbocycles. The second-order valence-electron chi connectivity index (χ2n) is 6.03. The van der Waals surface area contributed by atoms with Crippen LogP contribution < -0.4 is 5.32 Å². The van der Waals surface area contributed by atoms with Gasteiger partial charge < -0.3 is 15.2 Å². The molecule has 1 aliphatic rings. The van der Waals surface area contributed by atoms with Gasteiger partial charge in [0.15, 0.2) is 0 Å². The minimum absolute atomic E-state index is 0.0248. The maximum absolute atomic E-state index is 12.3. The first kappa shape index (κ1) is 19.0. The molecule has 0 spiro atoms. The number of amides is 1. The van der Waals surface area contributed by atoms with Crippen LogP contribution in [0.15, 0.2) is 18.2 Å². The lowest BCUT2D eigenvalue weighted by molar-refractivity contribution is -0.145. The van der Waals surface area contributed by atoms with E-state index in [0.29, 0.717) is 36.1 Å². The highest BCUT2D eigenvalue weighted by atomic mass is 35.5. The van der Waals surface area contributed by atoms with Crippen LogP contribution in [-0.4, -0.2) is 36.7 Å². The third kappa shape index (κ3) is 4.85. The summed E-state index contributed by atoms with van der Waals surface area (Å²) in [6.07, 6.45) is 1.41. The number of rotatable bonds is 6. The largest absolute Gasteiger partial charge is 0.481 e. The molecule has 1 aliphatic heterocycles. The van der Waals surface area contributed by atoms with Crippen molar-refractivity contribution in [3.05, 3.63) is 33.8 Å². The van der Waals surface area contributed by atoms with Crippen molar-refractivity contribution in [2.75, 3.05) is 19.8 Å². The van der Waals surface area contributed by atoms with Gasteiger partial charge in [0.1, 0.15) is 0 Å². The number of hydrogen-bond donors (Lipinski definition) is 2. The highest BCUT2D eigenvalue weighted by Crippen LogP contribution is 2.27. The summed E-state index contributed by atoms with van der Waals surface area (Å²) >= 11 is 11.9. The molecule has 7 heteroatoms. The molecular formula is C17H21Cl2NO4. The van der Waals surface area contributed by atoms with E-state index in [1.54, 1.807) is 25.1 Å². The fourth-order valence-corrected chi connectivity index (χ4v) is 3.18. The van der Waals surface area contributed by atoms with E-state index in [2.05, 4.69) is 5.32 Å². The summed E-state index contributed by atoms with van der Waals surface area (Å²) in [5.74, 6) is -2.13. The van der Waals surface area contributed by atoms with Gasteiger partial charge in [0, 0.05) is 19.8 Å². The quantitative estimate of drug-likeness (QED) is 0.801. The molecule has 1 aromatic rings. The van der Waals surface area contributed by atoms with Crippen LogP contribution in [-0.2, 0) is 14.3 Å². The fraction of sp³-hybridized carbons (Fsp3) is 0.529. The lowest BCUT2D eigenvalue weighted by Gasteiger charge is -2.28. The number of carbonyl (C=O) groups excluding carboxylic acids is 1. The van der Waals surface area contributed by atoms with Crippen molar-refractivity contribution < 1.29 is 19.4 Å². The molecule has 1 amide bonds. The monoisotopic (exact) mass is 373 g/mol. The molecular weight excluding hydrogens is 353 g/mol. The topological polar surface area (TPSA) is 75.6 Å². The van der Waals surface area contributed by atoms with Gasteiger partial charge in [-0.1, -0.05) is 29.3 Å². The Morgan fingerprint density at radius 2 is 1.96 bits per heavy atom. The Morgan fingerprint density at radius 3 is 2.54 bits per heavy atom. The van der Waals surface area contributed by atoms with Gasteiger partial charge in [0.2, 0.25) is 5.91 Å². The van der Waals surface area contributed by atoms with Crippen molar-refractivity contribution in [3.63, 3.8) is 0 Å². The zero-order chi connectivity index (χ0) is 17.7. The van der Waals surface area contributed by atoms with Crippen LogP contribution in [0, 0.1) is 11.8 Å². The molecule has 5 nitrogen and oxygen atoms in total. The van der Waals surface area contributed by atoms with Crippen molar-refractivity contribution in [3.8, 4) is 0 Å². The minimum Gasteiger partial charge on any atom is -0.481 e. The Labute approximate surface area is 151 Å². The third-order valence-electron chi connectivity index (χ3n) is 4.49. The molecule has 2 atom stereocenters. The summed E-state index contributed by atoms with van der Waals surface area (Å²) in [6.45, 7) is 3.01. The van der Waals surface area contributed by atoms with E-state index < -0.39 is 17.8 Å². The standard InChI is InChI=1S/C17H21Cl2NO4/c1-10(12-2-3-14(18)15(19)8-12)16(21)20-9-13(17(22)23)11-4-6-24-7-5-11/h2-3,8,10-11,13H,4-7,9H2,1H3,(H,20,21)(H,22,23). The van der Waals surface area contributed by atoms with E-state index in [0.717, 1.165) is 5.56 Å². The molecule has 2 N–H and O–H groups in total. The van der Waals surface area contributed by atoms with E-state index in [1.165, 1.54) is 0 Å². The Balaban J connectivity index is 1.96. The third-order valence-corrected chi connectivity index (χ3v) is 5.22. The van der Waals surface area contributed by atoms with Crippen molar-refractivity contribution in [2.45, 2.75) is 25.7 Å². The molecule has 0 bridgehead atoms. The van der Waals surface area contributed by atoms with Gasteiger partial charge in [-0.15, -0.1) is 0 Å². The van der Waals surface area contributed by atoms with Crippen LogP contribution in [0.4, 0.5) is 0 Å². The van der Waals surface area contributed by atoms with Crippen molar-refractivity contribution in [1.82, 2.24) is 5.32 Å². The Bertz CT molecular complexity index is 602. The molecule has 1 heterocycles. The SMILES string of the molecule is CC(C(=O)NCC(C(=O)O)C1CCOCC1)c1ccc(Cl)c(Cl)c1. The first-order valence-corrected chi connectivity index (χ1v) is 8.69. The van der Waals surface area contributed by atoms with Gasteiger partial charge >= 0.3 is 5.97 Å². The summed E-state index contributed by atoms with van der Waals surface area (Å²) < 4.78 is 5.27. The van der Waals surface area contributed by atoms with E-state index in [9.17, 15) is 14.7 Å². The maximum Gasteiger partial charge on any atom is 0.308 e. The predicted octanol–water partition coefficient (Wildman–Crippen LogP) is 3.34. The van der Waals surface area contributed by atoms with Gasteiger partial charge in [-0.05, 0) is 43.4 Å². The van der Waals surface area contributed by atoms with Crippen LogP contribution in [0.1, 0.15) is 31.2 Å². The van der Waals surface area contributed by atoms with Gasteiger partial charge in [-0.25, -0.2) is 0 Å². The molecule has 24 heavy (non-hydrogen) atoms. The van der Waals surface area contributed by atoms with E-state index in [1.807, 2.05) is 0 Å². The number of benzene rings is 1. The van der Waals surface area contributed by atoms with Gasteiger partial charge in [0.05, 0.1) is 21.9 Å². The highest BCUT2D eigenvalue weighted by Gasteiger charge is 2.30. The number of ether oxygens (including phenoxy) is 1. The lowest BCUT2D eigenvalue weighted by Crippen LogP contribution is -2.40. The molecule has 132 valence electrons. The van der Waals surface area contributed by atoms with Crippen LogP contribution >= 0.6 is 23.2 Å². The molecule has 0 aromatic heterocycles. The Morgan fingerprint density at radius 1 is 1.29 bits per heavy atom. The normalized spacial score (nSPS) is 18.0. The number of aliphatic carboxylic acids is 1. The molecule has 0 saturated carbocycles. The number of hydrogen-bond acceptors (Lipinski definition) is 3. The van der Waals surface area contributed by atoms with Gasteiger partial charge in [0.25, 0.3) is 0 Å². The van der Waals surface area contributed by atoms with Crippen LogP contribution in [0.3, 0.4) is 0 Å². The molecule has 2 rings (SSSR count). The predicted molar refractivity (Wildman–Crippen MR) is 92.6 cm³/mol. The number of carbonyl (C=O) groups is 2. The van der Waals surface area contributed by atoms with E-state index in [4.69, 9.17) is 27.9 Å². The van der Waals surface area contributed by atoms with Crippen molar-refractivity contribution in [1.29, 1.82) is 0 Å². The first-order chi connectivity index (χ1) is 11.4. The second kappa shape index (κ2) is 8.70. The highest BCUT2D eigenvalue weighted by molar-refractivity contribution is 6.42. The first-order valence-electron chi connectivity index (χ1n) is 7.93. The number of carboxylic acids is 1. The van der Waals surface area contributed by atoms with Gasteiger partial charge in [-0.2, -0.15) is 0 Å². The molecule has 2 unspecified atom stereocenters. The lowest BCUT2D eigenvalue weighted by atomic mass is 9.86. The Hall–Kier alpha value is -1.30. The molecule has 1 saturated heterocycles. The summed E-state index contributed by atoms with van der Waals surface area (Å²) in [7, 11) is 0. The maximum atomic E-state index is 12.3. The smallest absolute Gasteiger partial charge is 0.308 e. The van der Waals surface area contributed by atoms with E-state index >= 15 is 0 Å². The summed E-state index contributed by atoms with van der Waals surface area (Å²) in [5, 5.41) is 13.0. The average molecular weight is 374 g/mol. The van der Waals surface area contributed by atoms with Crippen molar-refractivity contribution in [2.24, 2.45) is 11.8 Å². The average Bonchev–Trinajstić information content (AvgIpc) is 2.57. The summed E-state index contributed by atoms with van der Waals surface area (Å²) in [5.41, 5.74) is 0.736. The number of halogens is 2. The van der Waals surface area contributed by atoms with Crippen molar-refractivity contribution >= 4 is 35.1 Å². The second-order valence-corrected chi connectivity index (χ2v) is 6.85. The van der Waals surface area contributed by atoms with Gasteiger partial charge in [-0.3, -0.25) is 9.59 Å². The zero-order valence-electron chi connectivity index (χ0n) is 13.4. The molecule has 0 radical (unpaired) electrons. The molecule has 1 aromatic carbocycles. The summed E-state index contributed by atoms with van der Waals surface area (Å²) in [4.78, 5) is 23.9. The number of carboxylic acid groups (broad SMARTS) is 1. The zero-order valence-corrected chi connectivity index (χ0v) is 14.9. The van der Waals surface area contributed by atoms with Crippen LogP contribution in [0.5, 0.6) is 0 Å². The Kier molecular flexibility index (Phi) is 6.90.